The molecule has 1 aromatic rings. The van der Waals surface area contributed by atoms with Crippen molar-refractivity contribution in [3.8, 4) is 5.88 Å². The zero-order chi connectivity index (χ0) is 23.2. The Morgan fingerprint density at radius 1 is 1.17 bits per heavy atom. The summed E-state index contributed by atoms with van der Waals surface area (Å²) in [6.45, 7) is -1.15. The van der Waals surface area contributed by atoms with Crippen molar-refractivity contribution in [2.75, 3.05) is 18.5 Å². The van der Waals surface area contributed by atoms with Crippen LogP contribution in [-0.2, 0) is 14.4 Å². The highest BCUT2D eigenvalue weighted by molar-refractivity contribution is 5.91. The van der Waals surface area contributed by atoms with E-state index in [0.29, 0.717) is 18.6 Å². The van der Waals surface area contributed by atoms with Crippen LogP contribution in [0, 0.1) is 0 Å². The molecule has 0 bridgehead atoms. The van der Waals surface area contributed by atoms with Gasteiger partial charge < -0.3 is 31.7 Å². The number of aliphatic carboxylic acids is 2. The minimum Gasteiger partial charge on any atom is -0.478 e. The Balaban J connectivity index is 0.000000890. The molecule has 30 heavy (non-hydrogen) atoms. The smallest absolute Gasteiger partial charge is 0.408 e. The van der Waals surface area contributed by atoms with Gasteiger partial charge in [0.25, 0.3) is 0 Å². The highest BCUT2D eigenvalue weighted by Gasteiger charge is 2.26. The van der Waals surface area contributed by atoms with Crippen molar-refractivity contribution in [2.45, 2.75) is 19.0 Å². The Hall–Kier alpha value is -3.84. The van der Waals surface area contributed by atoms with Crippen LogP contribution >= 0.6 is 0 Å². The Kier molecular flexibility index (Phi) is 11.6. The second kappa shape index (κ2) is 13.4. The number of primary amides is 1. The number of carboxylic acids is 2. The summed E-state index contributed by atoms with van der Waals surface area (Å²) in [4.78, 5) is 36.8. The molecule has 7 N–H and O–H groups in total. The van der Waals surface area contributed by atoms with Crippen LogP contribution in [0.2, 0.25) is 0 Å². The number of pyridine rings is 1. The molecule has 0 fully saturated rings. The third kappa shape index (κ3) is 16.3. The lowest BCUT2D eigenvalue weighted by Gasteiger charge is -2.08. The summed E-state index contributed by atoms with van der Waals surface area (Å²) < 4.78 is 41.2. The molecule has 0 radical (unpaired) electrons. The van der Waals surface area contributed by atoms with Crippen molar-refractivity contribution in [3.63, 3.8) is 0 Å². The summed E-state index contributed by atoms with van der Waals surface area (Å²) in [6.07, 6.45) is -2.69. The minimum absolute atomic E-state index is 0.189. The first kappa shape index (κ1) is 26.2. The lowest BCUT2D eigenvalue weighted by molar-refractivity contribution is -0.134. The molecular weight excluding hydrogens is 415 g/mol. The highest BCUT2D eigenvalue weighted by Crippen LogP contribution is 2.15. The molecule has 11 nitrogen and oxygen atoms in total. The Morgan fingerprint density at radius 3 is 2.27 bits per heavy atom. The molecule has 0 atom stereocenters. The number of amides is 1. The largest absolute Gasteiger partial charge is 0.478 e. The highest BCUT2D eigenvalue weighted by atomic mass is 19.4. The van der Waals surface area contributed by atoms with Gasteiger partial charge in [-0.05, 0) is 12.5 Å². The molecule has 0 aliphatic carbocycles. The van der Waals surface area contributed by atoms with Crippen molar-refractivity contribution in [1.82, 2.24) is 4.98 Å². The maximum atomic E-state index is 12.0. The van der Waals surface area contributed by atoms with Crippen molar-refractivity contribution < 1.29 is 42.5 Å². The number of aromatic nitrogens is 1. The number of anilines is 1. The van der Waals surface area contributed by atoms with Crippen molar-refractivity contribution >= 4 is 29.6 Å². The predicted octanol–water partition coefficient (Wildman–Crippen LogP) is 0.727. The molecule has 0 aliphatic rings. The van der Waals surface area contributed by atoms with Crippen LogP contribution in [0.4, 0.5) is 19.0 Å². The molecule has 14 heteroatoms. The summed E-state index contributed by atoms with van der Waals surface area (Å²) in [5, 5.41) is 18.1. The van der Waals surface area contributed by atoms with E-state index < -0.39 is 36.5 Å². The molecule has 0 aromatic carbocycles. The minimum atomic E-state index is -4.43. The average Bonchev–Trinajstić information content (AvgIpc) is 2.62. The predicted molar refractivity (Wildman–Crippen MR) is 98.7 cm³/mol. The molecular formula is C16H20F3N5O6. The summed E-state index contributed by atoms with van der Waals surface area (Å²) >= 11 is 0. The van der Waals surface area contributed by atoms with E-state index in [2.05, 4.69) is 15.3 Å². The fourth-order valence-electron chi connectivity index (χ4n) is 1.48. The fourth-order valence-corrected chi connectivity index (χ4v) is 1.48. The Bertz CT molecular complexity index is 767. The van der Waals surface area contributed by atoms with Gasteiger partial charge in [-0.25, -0.2) is 14.6 Å². The number of carbonyl (C=O) groups is 3. The first-order valence-electron chi connectivity index (χ1n) is 8.05. The van der Waals surface area contributed by atoms with Crippen molar-refractivity contribution in [1.29, 1.82) is 0 Å². The summed E-state index contributed by atoms with van der Waals surface area (Å²) in [6, 6.07) is 4.63. The number of halogens is 3. The van der Waals surface area contributed by atoms with Gasteiger partial charge in [-0.3, -0.25) is 4.79 Å². The van der Waals surface area contributed by atoms with Gasteiger partial charge in [0.05, 0.1) is 6.61 Å². The maximum Gasteiger partial charge on any atom is 0.408 e. The maximum absolute atomic E-state index is 12.0. The summed E-state index contributed by atoms with van der Waals surface area (Å²) in [5.74, 6) is -2.93. The van der Waals surface area contributed by atoms with Crippen LogP contribution < -0.4 is 21.5 Å². The van der Waals surface area contributed by atoms with E-state index >= 15 is 0 Å². The third-order valence-electron chi connectivity index (χ3n) is 2.59. The third-order valence-corrected chi connectivity index (χ3v) is 2.59. The number of hydrogen-bond donors (Lipinski definition) is 5. The van der Waals surface area contributed by atoms with E-state index in [4.69, 9.17) is 26.4 Å². The number of nitrogens with one attached hydrogen (secondary N) is 1. The second-order valence-corrected chi connectivity index (χ2v) is 5.23. The summed E-state index contributed by atoms with van der Waals surface area (Å²) in [7, 11) is 0. The van der Waals surface area contributed by atoms with Crippen molar-refractivity contribution in [3.05, 3.63) is 30.4 Å². The van der Waals surface area contributed by atoms with E-state index in [1.165, 1.54) is 6.07 Å². The molecule has 0 unspecified atom stereocenters. The molecule has 0 spiro atoms. The Labute approximate surface area is 168 Å². The van der Waals surface area contributed by atoms with Gasteiger partial charge in [0.2, 0.25) is 11.8 Å². The lowest BCUT2D eigenvalue weighted by Crippen LogP contribution is -2.26. The number of ether oxygens (including phenoxy) is 1. The number of carboxylic acid groups (broad SMARTS) is 2. The van der Waals surface area contributed by atoms with E-state index in [1.807, 2.05) is 0 Å². The molecule has 0 saturated carbocycles. The van der Waals surface area contributed by atoms with Gasteiger partial charge in [0.1, 0.15) is 12.4 Å². The molecule has 0 aliphatic heterocycles. The SMILES string of the molecule is NC(=O)CCCOc1cccc(NC(N)=NCC(F)(F)F)n1.O=C(O)C=CC(=O)O. The standard InChI is InChI=1S/C12H16F3N5O2.C4H4O4/c13-12(14,15)7-18-11(17)20-9-4-1-5-10(19-9)22-6-2-3-8(16)21;5-3(6)1-2-4(7)8/h1,4-5H,2-3,6-7H2,(H2,16,21)(H3,17,18,19,20);1-2H,(H,5,6)(H,7,8). The van der Waals surface area contributed by atoms with Crippen LogP contribution in [-0.4, -0.2) is 58.3 Å². The average molecular weight is 435 g/mol. The fraction of sp³-hybridized carbons (Fsp3) is 0.312. The van der Waals surface area contributed by atoms with Crippen molar-refractivity contribution in [2.24, 2.45) is 16.5 Å². The number of carbonyl (C=O) groups excluding carboxylic acids is 1. The van der Waals surface area contributed by atoms with Crippen LogP contribution in [0.5, 0.6) is 5.88 Å². The number of rotatable bonds is 9. The van der Waals surface area contributed by atoms with E-state index in [9.17, 15) is 27.6 Å². The molecule has 0 saturated heterocycles. The summed E-state index contributed by atoms with van der Waals surface area (Å²) in [5.41, 5.74) is 10.3. The van der Waals surface area contributed by atoms with Gasteiger partial charge in [0, 0.05) is 24.6 Å². The van der Waals surface area contributed by atoms with Gasteiger partial charge in [-0.15, -0.1) is 0 Å². The first-order chi connectivity index (χ1) is 13.9. The number of hydrogen-bond acceptors (Lipinski definition) is 6. The molecule has 166 valence electrons. The van der Waals surface area contributed by atoms with Crippen LogP contribution in [0.1, 0.15) is 12.8 Å². The number of aliphatic imine (C=N–C) groups is 1. The van der Waals surface area contributed by atoms with E-state index in [-0.39, 0.29) is 24.7 Å². The second-order valence-electron chi connectivity index (χ2n) is 5.23. The topological polar surface area (TPSA) is 190 Å². The molecule has 1 amide bonds. The zero-order valence-electron chi connectivity index (χ0n) is 15.4. The quantitative estimate of drug-likeness (QED) is 0.161. The van der Waals surface area contributed by atoms with Crippen LogP contribution in [0.3, 0.4) is 0 Å². The number of alkyl halides is 3. The zero-order valence-corrected chi connectivity index (χ0v) is 15.4. The molecule has 1 rings (SSSR count). The molecule has 1 aromatic heterocycles. The number of guanidine groups is 1. The van der Waals surface area contributed by atoms with Crippen LogP contribution in [0.15, 0.2) is 35.3 Å². The number of nitrogens with two attached hydrogens (primary N) is 2. The molecule has 1 heterocycles. The van der Waals surface area contributed by atoms with E-state index in [1.54, 1.807) is 12.1 Å². The van der Waals surface area contributed by atoms with Gasteiger partial charge in [-0.2, -0.15) is 18.2 Å². The normalized spacial score (nSPS) is 11.4. The van der Waals surface area contributed by atoms with Gasteiger partial charge >= 0.3 is 18.1 Å². The monoisotopic (exact) mass is 435 g/mol. The first-order valence-corrected chi connectivity index (χ1v) is 8.05. The van der Waals surface area contributed by atoms with Crippen LogP contribution in [0.25, 0.3) is 0 Å². The van der Waals surface area contributed by atoms with Gasteiger partial charge in [0.15, 0.2) is 5.96 Å². The Morgan fingerprint density at radius 2 is 1.77 bits per heavy atom. The number of nitrogens with zero attached hydrogens (tertiary/aromatic N) is 2. The lowest BCUT2D eigenvalue weighted by atomic mass is 10.3. The van der Waals surface area contributed by atoms with E-state index in [0.717, 1.165) is 0 Å². The van der Waals surface area contributed by atoms with Gasteiger partial charge in [-0.1, -0.05) is 6.07 Å².